The molecule has 0 radical (unpaired) electrons. The Morgan fingerprint density at radius 2 is 1.89 bits per heavy atom. The van der Waals surface area contributed by atoms with E-state index in [1.54, 1.807) is 24.1 Å². The van der Waals surface area contributed by atoms with E-state index in [1.165, 1.54) is 17.9 Å². The van der Waals surface area contributed by atoms with Crippen LogP contribution in [0.5, 0.6) is 0 Å². The summed E-state index contributed by atoms with van der Waals surface area (Å²) in [6.45, 7) is 5.69. The van der Waals surface area contributed by atoms with Crippen LogP contribution in [-0.4, -0.2) is 72.4 Å². The van der Waals surface area contributed by atoms with Gasteiger partial charge in [-0.15, -0.1) is 12.4 Å². The van der Waals surface area contributed by atoms with Crippen LogP contribution in [0.25, 0.3) is 0 Å². The molecule has 1 aliphatic heterocycles. The summed E-state index contributed by atoms with van der Waals surface area (Å²) in [4.78, 5) is 40.1. The van der Waals surface area contributed by atoms with Crippen LogP contribution in [0, 0.1) is 10.1 Å². The van der Waals surface area contributed by atoms with E-state index < -0.39 is 4.92 Å². The van der Waals surface area contributed by atoms with Gasteiger partial charge in [0.25, 0.3) is 11.6 Å². The number of benzene rings is 1. The quantitative estimate of drug-likeness (QED) is 0.586. The van der Waals surface area contributed by atoms with Crippen LogP contribution in [0.1, 0.15) is 24.2 Å². The first kappa shape index (κ1) is 22.7. The third kappa shape index (κ3) is 5.08. The summed E-state index contributed by atoms with van der Waals surface area (Å²) in [5.74, 6) is -0.309. The molecule has 10 heteroatoms. The molecule has 1 unspecified atom stereocenters. The van der Waals surface area contributed by atoms with Gasteiger partial charge in [-0.05, 0) is 19.1 Å². The zero-order valence-electron chi connectivity index (χ0n) is 15.8. The molecule has 1 fully saturated rings. The highest BCUT2D eigenvalue weighted by atomic mass is 35.5. The number of nitro benzene ring substituents is 1. The van der Waals surface area contributed by atoms with Crippen molar-refractivity contribution in [3.8, 4) is 0 Å². The fourth-order valence-electron chi connectivity index (χ4n) is 2.89. The number of carbonyl (C=O) groups excluding carboxylic acids is 2. The Morgan fingerprint density at radius 1 is 1.30 bits per heavy atom. The van der Waals surface area contributed by atoms with Crippen molar-refractivity contribution in [3.05, 3.63) is 33.9 Å². The maximum absolute atomic E-state index is 12.5. The minimum absolute atomic E-state index is 0. The second-order valence-corrected chi connectivity index (χ2v) is 6.45. The second-order valence-electron chi connectivity index (χ2n) is 6.45. The number of hydrogen-bond donors (Lipinski definition) is 1. The maximum Gasteiger partial charge on any atom is 0.293 e. The normalized spacial score (nSPS) is 15.0. The summed E-state index contributed by atoms with van der Waals surface area (Å²) < 4.78 is 0. The van der Waals surface area contributed by atoms with Crippen molar-refractivity contribution in [1.82, 2.24) is 9.80 Å². The number of piperazine rings is 1. The van der Waals surface area contributed by atoms with Gasteiger partial charge in [-0.25, -0.2) is 0 Å². The average molecular weight is 400 g/mol. The minimum Gasteiger partial charge on any atom is -0.362 e. The Bertz CT molecular complexity index is 707. The number of likely N-dealkylation sites (N-methyl/N-ethyl adjacent to an activating group) is 1. The monoisotopic (exact) mass is 399 g/mol. The molecule has 1 saturated heterocycles. The van der Waals surface area contributed by atoms with Crippen LogP contribution in [-0.2, 0) is 4.79 Å². The molecule has 1 atom stereocenters. The van der Waals surface area contributed by atoms with Gasteiger partial charge in [0.1, 0.15) is 5.69 Å². The summed E-state index contributed by atoms with van der Waals surface area (Å²) in [5.41, 5.74) is 6.19. The summed E-state index contributed by atoms with van der Waals surface area (Å²) >= 11 is 0. The van der Waals surface area contributed by atoms with Crippen LogP contribution in [0.2, 0.25) is 0 Å². The third-order valence-electron chi connectivity index (χ3n) is 4.81. The van der Waals surface area contributed by atoms with Gasteiger partial charge in [0.15, 0.2) is 0 Å². The lowest BCUT2D eigenvalue weighted by atomic mass is 10.1. The molecule has 1 aromatic carbocycles. The van der Waals surface area contributed by atoms with Crippen LogP contribution in [0.4, 0.5) is 11.4 Å². The topological polar surface area (TPSA) is 113 Å². The molecule has 9 nitrogen and oxygen atoms in total. The number of carbonyl (C=O) groups is 2. The van der Waals surface area contributed by atoms with E-state index in [-0.39, 0.29) is 41.5 Å². The molecule has 27 heavy (non-hydrogen) atoms. The van der Waals surface area contributed by atoms with E-state index in [0.717, 1.165) is 0 Å². The highest BCUT2D eigenvalue weighted by molar-refractivity contribution is 5.96. The van der Waals surface area contributed by atoms with Gasteiger partial charge in [-0.1, -0.05) is 0 Å². The van der Waals surface area contributed by atoms with Gasteiger partial charge in [0.05, 0.1) is 4.92 Å². The van der Waals surface area contributed by atoms with Gasteiger partial charge in [0.2, 0.25) is 5.91 Å². The van der Waals surface area contributed by atoms with Crippen molar-refractivity contribution >= 4 is 35.6 Å². The van der Waals surface area contributed by atoms with E-state index in [1.807, 2.05) is 11.8 Å². The summed E-state index contributed by atoms with van der Waals surface area (Å²) in [5, 5.41) is 11.5. The third-order valence-corrected chi connectivity index (χ3v) is 4.81. The lowest BCUT2D eigenvalue weighted by Crippen LogP contribution is -2.48. The Morgan fingerprint density at radius 3 is 2.37 bits per heavy atom. The molecule has 2 rings (SSSR count). The fraction of sp³-hybridized carbons (Fsp3) is 0.529. The molecule has 0 aliphatic carbocycles. The Balaban J connectivity index is 0.00000364. The van der Waals surface area contributed by atoms with Gasteiger partial charge in [0, 0.05) is 64.4 Å². The Hall–Kier alpha value is -2.39. The molecule has 1 aliphatic rings. The number of anilines is 1. The zero-order chi connectivity index (χ0) is 19.4. The van der Waals surface area contributed by atoms with E-state index in [4.69, 9.17) is 5.73 Å². The highest BCUT2D eigenvalue weighted by Gasteiger charge is 2.27. The lowest BCUT2D eigenvalue weighted by molar-refractivity contribution is -0.384. The SMILES string of the molecule is CC(=O)N1CCN(c2ccc(C(=O)N(C)C(C)CN)cc2[N+](=O)[O-])CC1.Cl. The largest absolute Gasteiger partial charge is 0.362 e. The van der Waals surface area contributed by atoms with Crippen molar-refractivity contribution in [2.75, 3.05) is 44.7 Å². The first-order chi connectivity index (χ1) is 12.3. The molecule has 150 valence electrons. The molecular weight excluding hydrogens is 374 g/mol. The van der Waals surface area contributed by atoms with Gasteiger partial charge in [-0.3, -0.25) is 19.7 Å². The number of nitrogens with zero attached hydrogens (tertiary/aromatic N) is 4. The molecule has 0 bridgehead atoms. The van der Waals surface area contributed by atoms with Crippen LogP contribution in [0.15, 0.2) is 18.2 Å². The van der Waals surface area contributed by atoms with Crippen molar-refractivity contribution in [2.24, 2.45) is 5.73 Å². The summed E-state index contributed by atoms with van der Waals surface area (Å²) in [7, 11) is 1.63. The summed E-state index contributed by atoms with van der Waals surface area (Å²) in [6, 6.07) is 4.35. The highest BCUT2D eigenvalue weighted by Crippen LogP contribution is 2.30. The number of amides is 2. The fourth-order valence-corrected chi connectivity index (χ4v) is 2.89. The number of nitro groups is 1. The number of hydrogen-bond acceptors (Lipinski definition) is 6. The minimum atomic E-state index is -0.476. The van der Waals surface area contributed by atoms with Gasteiger partial charge < -0.3 is 20.4 Å². The lowest BCUT2D eigenvalue weighted by Gasteiger charge is -2.35. The molecule has 2 amide bonds. The number of nitrogens with two attached hydrogens (primary N) is 1. The molecule has 0 spiro atoms. The number of halogens is 1. The Kier molecular flexibility index (Phi) is 7.98. The van der Waals surface area contributed by atoms with Crippen LogP contribution in [0.3, 0.4) is 0 Å². The maximum atomic E-state index is 12.5. The van der Waals surface area contributed by atoms with Gasteiger partial charge >= 0.3 is 0 Å². The molecular formula is C17H26ClN5O4. The van der Waals surface area contributed by atoms with Gasteiger partial charge in [-0.2, -0.15) is 0 Å². The predicted molar refractivity (Wildman–Crippen MR) is 105 cm³/mol. The van der Waals surface area contributed by atoms with E-state index >= 15 is 0 Å². The standard InChI is InChI=1S/C17H25N5O4.ClH/c1-12(11-18)19(3)17(24)14-4-5-15(16(10-14)22(25)26)21-8-6-20(7-9-21)13(2)23;/h4-5,10,12H,6-9,11,18H2,1-3H3;1H. The van der Waals surface area contributed by atoms with E-state index in [9.17, 15) is 19.7 Å². The van der Waals surface area contributed by atoms with Crippen molar-refractivity contribution in [1.29, 1.82) is 0 Å². The first-order valence-corrected chi connectivity index (χ1v) is 8.52. The smallest absolute Gasteiger partial charge is 0.293 e. The van der Waals surface area contributed by atoms with Crippen LogP contribution < -0.4 is 10.6 Å². The van der Waals surface area contributed by atoms with Crippen LogP contribution >= 0.6 is 12.4 Å². The molecule has 0 saturated carbocycles. The number of rotatable bonds is 5. The molecule has 0 aromatic heterocycles. The predicted octanol–water partition coefficient (Wildman–Crippen LogP) is 1.10. The molecule has 2 N–H and O–H groups in total. The van der Waals surface area contributed by atoms with Crippen molar-refractivity contribution in [3.63, 3.8) is 0 Å². The van der Waals surface area contributed by atoms with E-state index in [0.29, 0.717) is 38.4 Å². The summed E-state index contributed by atoms with van der Waals surface area (Å²) in [6.07, 6.45) is 0. The first-order valence-electron chi connectivity index (χ1n) is 8.52. The average Bonchev–Trinajstić information content (AvgIpc) is 2.65. The zero-order valence-corrected chi connectivity index (χ0v) is 16.6. The second kappa shape index (κ2) is 9.52. The van der Waals surface area contributed by atoms with E-state index in [2.05, 4.69) is 0 Å². The Labute approximate surface area is 164 Å². The van der Waals surface area contributed by atoms with Crippen molar-refractivity contribution < 1.29 is 14.5 Å². The van der Waals surface area contributed by atoms with Crippen molar-refractivity contribution in [2.45, 2.75) is 19.9 Å². The molecule has 1 heterocycles. The molecule has 1 aromatic rings.